The van der Waals surface area contributed by atoms with E-state index in [1.165, 1.54) is 88.0 Å². The maximum absolute atomic E-state index is 5.36. The number of hydrogen-bond acceptors (Lipinski definition) is 2. The van der Waals surface area contributed by atoms with Crippen molar-refractivity contribution in [3.05, 3.63) is 362 Å². The number of nitrogens with zero attached hydrogens (tertiary/aromatic N) is 2. The molecule has 0 saturated carbocycles. The Balaban J connectivity index is 0.927. The van der Waals surface area contributed by atoms with Crippen molar-refractivity contribution in [2.45, 2.75) is 12.3 Å². The van der Waals surface area contributed by atoms with Gasteiger partial charge in [0.1, 0.15) is 0 Å². The molecule has 0 saturated heterocycles. The predicted octanol–water partition coefficient (Wildman–Crippen LogP) is 23.4. The van der Waals surface area contributed by atoms with Gasteiger partial charge in [-0.25, -0.2) is 0 Å². The fourth-order valence-corrected chi connectivity index (χ4v) is 15.1. The Morgan fingerprint density at radius 3 is 1.39 bits per heavy atom. The van der Waals surface area contributed by atoms with Gasteiger partial charge in [-0.15, -0.1) is 0 Å². The van der Waals surface area contributed by atoms with E-state index in [0.29, 0.717) is 0 Å². The smallest absolute Gasteiger partial charge is 0.0743 e. The Morgan fingerprint density at radius 1 is 0.330 bits per heavy atom. The first-order chi connectivity index (χ1) is 43.5. The van der Waals surface area contributed by atoms with Gasteiger partial charge < -0.3 is 9.80 Å². The number of fused-ring (bicyclic) bond motifs is 7. The minimum Gasteiger partial charge on any atom is -0.310 e. The van der Waals surface area contributed by atoms with Crippen molar-refractivity contribution in [3.63, 3.8) is 0 Å². The summed E-state index contributed by atoms with van der Waals surface area (Å²) >= 11 is 0. The van der Waals surface area contributed by atoms with E-state index in [0.717, 1.165) is 78.6 Å². The standard InChI is InChI=1S/C86H58N2/c1-3-24-76-82-72-38-23-22-33-61(72)43-50-78(82)86-83(76)56(2)77-55-69(88(67-36-20-9-21-37-67)80-54-63(58-27-12-5-13-28-58)40-46-71(80)60-31-16-7-17-32-60)52-65-42-48-75(85(86)81(65)77)74-47-41-64-51-68(44-49-73(64)84(74)86)87(66-34-18-8-19-35-66)79-53-62(57-25-10-4-11-26-57)39-45-70(79)59-29-14-6-15-30-59/h3-55H,2H2,1H3/b24-3-. The van der Waals surface area contributed by atoms with E-state index in [1.54, 1.807) is 0 Å². The van der Waals surface area contributed by atoms with Crippen LogP contribution in [0.4, 0.5) is 34.1 Å². The van der Waals surface area contributed by atoms with Crippen molar-refractivity contribution < 1.29 is 0 Å². The third-order valence-electron chi connectivity index (χ3n) is 18.8. The highest BCUT2D eigenvalue weighted by atomic mass is 15.2. The van der Waals surface area contributed by atoms with Crippen LogP contribution >= 0.6 is 0 Å². The fraction of sp³-hybridized carbons (Fsp3) is 0.0233. The molecule has 412 valence electrons. The summed E-state index contributed by atoms with van der Waals surface area (Å²) in [6.45, 7) is 7.52. The lowest BCUT2D eigenvalue weighted by atomic mass is 9.61. The lowest BCUT2D eigenvalue weighted by Crippen LogP contribution is -2.31. The van der Waals surface area contributed by atoms with Crippen LogP contribution in [0.15, 0.2) is 334 Å². The van der Waals surface area contributed by atoms with Crippen LogP contribution in [-0.2, 0) is 5.41 Å². The van der Waals surface area contributed by atoms with E-state index in [4.69, 9.17) is 6.58 Å². The van der Waals surface area contributed by atoms with Crippen molar-refractivity contribution in [2.24, 2.45) is 0 Å². The van der Waals surface area contributed by atoms with Crippen molar-refractivity contribution >= 4 is 77.6 Å². The van der Waals surface area contributed by atoms with Gasteiger partial charge in [-0.1, -0.05) is 267 Å². The number of benzene rings is 14. The lowest BCUT2D eigenvalue weighted by Gasteiger charge is -2.40. The van der Waals surface area contributed by atoms with Crippen molar-refractivity contribution in [2.75, 3.05) is 9.80 Å². The number of rotatable bonds is 11. The van der Waals surface area contributed by atoms with E-state index in [9.17, 15) is 0 Å². The van der Waals surface area contributed by atoms with E-state index < -0.39 is 5.41 Å². The molecule has 88 heavy (non-hydrogen) atoms. The van der Waals surface area contributed by atoms with Gasteiger partial charge in [0.15, 0.2) is 0 Å². The van der Waals surface area contributed by atoms with E-state index in [2.05, 4.69) is 338 Å². The summed E-state index contributed by atoms with van der Waals surface area (Å²) in [5.74, 6) is 0. The molecule has 2 nitrogen and oxygen atoms in total. The van der Waals surface area contributed by atoms with Crippen LogP contribution in [-0.4, -0.2) is 0 Å². The second-order valence-electron chi connectivity index (χ2n) is 23.5. The normalized spacial score (nSPS) is 14.4. The minimum absolute atomic E-state index is 0.696. The Hall–Kier alpha value is -11.3. The van der Waals surface area contributed by atoms with Gasteiger partial charge in [0.05, 0.1) is 16.8 Å². The highest BCUT2D eigenvalue weighted by Crippen LogP contribution is 2.70. The molecule has 17 rings (SSSR count). The highest BCUT2D eigenvalue weighted by molar-refractivity contribution is 6.22. The molecule has 0 radical (unpaired) electrons. The Kier molecular flexibility index (Phi) is 11.9. The number of para-hydroxylation sites is 2. The molecule has 0 heterocycles. The second-order valence-corrected chi connectivity index (χ2v) is 23.5. The lowest BCUT2D eigenvalue weighted by molar-refractivity contribution is 0.801. The van der Waals surface area contributed by atoms with Crippen LogP contribution in [0.3, 0.4) is 0 Å². The molecule has 0 fully saturated rings. The van der Waals surface area contributed by atoms with Gasteiger partial charge in [-0.2, -0.15) is 0 Å². The minimum atomic E-state index is -0.696. The first kappa shape index (κ1) is 51.1. The molecular weight excluding hydrogens is 1060 g/mol. The molecule has 1 spiro atoms. The summed E-state index contributed by atoms with van der Waals surface area (Å²) in [4.78, 5) is 4.94. The zero-order valence-electron chi connectivity index (χ0n) is 48.7. The number of allylic oxidation sites excluding steroid dienone is 5. The Morgan fingerprint density at radius 2 is 0.807 bits per heavy atom. The zero-order valence-corrected chi connectivity index (χ0v) is 48.7. The van der Waals surface area contributed by atoms with Gasteiger partial charge in [-0.3, -0.25) is 0 Å². The van der Waals surface area contributed by atoms with Gasteiger partial charge in [0.25, 0.3) is 0 Å². The van der Waals surface area contributed by atoms with Crippen LogP contribution in [0, 0.1) is 0 Å². The third kappa shape index (κ3) is 7.75. The first-order valence-corrected chi connectivity index (χ1v) is 30.5. The number of anilines is 6. The van der Waals surface area contributed by atoms with Crippen molar-refractivity contribution in [1.82, 2.24) is 0 Å². The molecule has 0 aromatic heterocycles. The Bertz CT molecular complexity index is 5200. The average Bonchev–Trinajstić information content (AvgIpc) is 1.48. The predicted molar refractivity (Wildman–Crippen MR) is 373 cm³/mol. The largest absolute Gasteiger partial charge is 0.310 e. The molecular formula is C86H58N2. The van der Waals surface area contributed by atoms with Crippen molar-refractivity contribution in [1.29, 1.82) is 0 Å². The maximum Gasteiger partial charge on any atom is 0.0743 e. The molecule has 0 aliphatic heterocycles. The first-order valence-electron chi connectivity index (χ1n) is 30.5. The van der Waals surface area contributed by atoms with Crippen molar-refractivity contribution in [3.8, 4) is 55.6 Å². The summed E-state index contributed by atoms with van der Waals surface area (Å²) in [6.07, 6.45) is 4.61. The number of hydrogen-bond donors (Lipinski definition) is 0. The molecule has 0 bridgehead atoms. The van der Waals surface area contributed by atoms with E-state index >= 15 is 0 Å². The molecule has 3 aliphatic rings. The molecule has 1 unspecified atom stereocenters. The monoisotopic (exact) mass is 1120 g/mol. The van der Waals surface area contributed by atoms with Gasteiger partial charge >= 0.3 is 0 Å². The van der Waals surface area contributed by atoms with Gasteiger partial charge in [-0.05, 0) is 189 Å². The summed E-state index contributed by atoms with van der Waals surface area (Å²) in [6, 6.07) is 114. The van der Waals surface area contributed by atoms with Gasteiger partial charge in [0, 0.05) is 33.9 Å². The molecule has 2 heteroatoms. The second kappa shape index (κ2) is 20.4. The quantitative estimate of drug-likeness (QED) is 0.127. The van der Waals surface area contributed by atoms with E-state index in [1.807, 2.05) is 0 Å². The average molecular weight is 1120 g/mol. The molecule has 14 aromatic carbocycles. The molecule has 3 aliphatic carbocycles. The molecule has 0 N–H and O–H groups in total. The van der Waals surface area contributed by atoms with Gasteiger partial charge in [0.2, 0.25) is 0 Å². The molecule has 0 amide bonds. The molecule has 14 aromatic rings. The Labute approximate surface area is 513 Å². The fourth-order valence-electron chi connectivity index (χ4n) is 15.1. The van der Waals surface area contributed by atoms with Crippen LogP contribution in [0.2, 0.25) is 0 Å². The highest BCUT2D eigenvalue weighted by Gasteiger charge is 2.57. The van der Waals surface area contributed by atoms with Crippen LogP contribution in [0.5, 0.6) is 0 Å². The summed E-state index contributed by atoms with van der Waals surface area (Å²) in [7, 11) is 0. The van der Waals surface area contributed by atoms with E-state index in [-0.39, 0.29) is 0 Å². The SMILES string of the molecule is C=C1C2=C(/C=C\C)c3c(ccc4ccccc34)C23c2c(ccc4cc(N(c5ccccc5)c5cc(-c6ccccc6)ccc5-c5ccccc5)ccc24)-c2ccc4cc(N(c5ccccc5)c5cc(-c6ccccc6)ccc5-c5ccccc5)cc1c4c23. The molecule has 1 atom stereocenters. The topological polar surface area (TPSA) is 6.48 Å². The summed E-state index contributed by atoms with van der Waals surface area (Å²) < 4.78 is 0. The summed E-state index contributed by atoms with van der Waals surface area (Å²) in [5.41, 5.74) is 27.6. The summed E-state index contributed by atoms with van der Waals surface area (Å²) in [5, 5.41) is 7.31. The zero-order chi connectivity index (χ0) is 58.5. The van der Waals surface area contributed by atoms with Crippen LogP contribution in [0.1, 0.15) is 34.7 Å². The maximum atomic E-state index is 5.36. The van der Waals surface area contributed by atoms with Crippen LogP contribution < -0.4 is 9.80 Å². The third-order valence-corrected chi connectivity index (χ3v) is 18.8. The van der Waals surface area contributed by atoms with Crippen LogP contribution in [0.25, 0.3) is 99.1 Å².